The average Bonchev–Trinajstić information content (AvgIpc) is 3.75. The van der Waals surface area contributed by atoms with Gasteiger partial charge in [0, 0.05) is 22.0 Å². The minimum atomic E-state index is -0.467. The van der Waals surface area contributed by atoms with E-state index in [1.54, 1.807) is 0 Å². The van der Waals surface area contributed by atoms with Crippen LogP contribution in [0.15, 0.2) is 180 Å². The number of hydrogen-bond acceptors (Lipinski definition) is 2. The fourth-order valence-corrected chi connectivity index (χ4v) is 9.89. The number of furan rings is 1. The molecule has 0 atom stereocenters. The highest BCUT2D eigenvalue weighted by molar-refractivity contribution is 6.11. The molecule has 0 saturated heterocycles. The van der Waals surface area contributed by atoms with Gasteiger partial charge in [-0.15, -0.1) is 0 Å². The SMILES string of the molecule is c1ccc(-c2ccc(N(c3cccc4c3-c3ccccc3C4(c3ccc4c(c3)CC4)c3ccc4c(c3)CC4)c3cccc4c3oc3ccccc34)cc2)cc1. The first-order valence-electron chi connectivity index (χ1n) is 19.6. The highest BCUT2D eigenvalue weighted by atomic mass is 16.3. The molecule has 8 aromatic carbocycles. The molecule has 0 bridgehead atoms. The zero-order valence-corrected chi connectivity index (χ0v) is 30.4. The molecular formula is C53H37NO. The third-order valence-corrected chi connectivity index (χ3v) is 12.8. The summed E-state index contributed by atoms with van der Waals surface area (Å²) >= 11 is 0. The number of aryl methyl sites for hydroxylation is 4. The summed E-state index contributed by atoms with van der Waals surface area (Å²) in [5.41, 5.74) is 20.8. The van der Waals surface area contributed by atoms with Crippen molar-refractivity contribution in [1.29, 1.82) is 0 Å². The standard InChI is InChI=1S/C53H37NO/c1-2-10-34(11-3-1)35-26-30-42(31-27-35)54(49-18-8-14-44-43-12-5-7-19-50(43)55-52(44)49)48-17-9-16-47-51(48)45-13-4-6-15-46(45)53(47,40-28-24-36-20-22-38(36)32-40)41-29-25-37-21-23-39(37)33-41/h1-19,24-33H,20-23H2. The second-order valence-corrected chi connectivity index (χ2v) is 15.5. The highest BCUT2D eigenvalue weighted by Gasteiger charge is 2.48. The summed E-state index contributed by atoms with van der Waals surface area (Å²) in [4.78, 5) is 2.44. The molecule has 12 rings (SSSR count). The van der Waals surface area contributed by atoms with Crippen molar-refractivity contribution >= 4 is 39.0 Å². The Morgan fingerprint density at radius 1 is 0.436 bits per heavy atom. The largest absolute Gasteiger partial charge is 0.454 e. The van der Waals surface area contributed by atoms with Gasteiger partial charge in [-0.1, -0.05) is 146 Å². The molecule has 55 heavy (non-hydrogen) atoms. The lowest BCUT2D eigenvalue weighted by Gasteiger charge is -2.37. The lowest BCUT2D eigenvalue weighted by Crippen LogP contribution is -2.30. The summed E-state index contributed by atoms with van der Waals surface area (Å²) < 4.78 is 6.79. The molecule has 9 aromatic rings. The molecule has 1 heterocycles. The van der Waals surface area contributed by atoms with Gasteiger partial charge < -0.3 is 9.32 Å². The van der Waals surface area contributed by atoms with Gasteiger partial charge >= 0.3 is 0 Å². The predicted octanol–water partition coefficient (Wildman–Crippen LogP) is 13.3. The first-order chi connectivity index (χ1) is 27.3. The molecular weight excluding hydrogens is 667 g/mol. The number of nitrogens with zero attached hydrogens (tertiary/aromatic N) is 1. The maximum Gasteiger partial charge on any atom is 0.159 e. The summed E-state index contributed by atoms with van der Waals surface area (Å²) in [5.74, 6) is 0. The third-order valence-electron chi connectivity index (χ3n) is 12.8. The maximum atomic E-state index is 6.79. The zero-order chi connectivity index (χ0) is 36.1. The number of rotatable bonds is 6. The van der Waals surface area contributed by atoms with Crippen LogP contribution in [0, 0.1) is 0 Å². The van der Waals surface area contributed by atoms with Crippen molar-refractivity contribution in [2.75, 3.05) is 4.90 Å². The van der Waals surface area contributed by atoms with Gasteiger partial charge in [0.05, 0.1) is 16.8 Å². The monoisotopic (exact) mass is 703 g/mol. The van der Waals surface area contributed by atoms with E-state index in [2.05, 4.69) is 181 Å². The van der Waals surface area contributed by atoms with Crippen molar-refractivity contribution in [2.24, 2.45) is 0 Å². The molecule has 2 heteroatoms. The third kappa shape index (κ3) is 4.37. The van der Waals surface area contributed by atoms with Gasteiger partial charge in [0.1, 0.15) is 5.58 Å². The zero-order valence-electron chi connectivity index (χ0n) is 30.4. The van der Waals surface area contributed by atoms with Crippen molar-refractivity contribution in [1.82, 2.24) is 0 Å². The second-order valence-electron chi connectivity index (χ2n) is 15.5. The molecule has 3 aliphatic rings. The molecule has 260 valence electrons. The predicted molar refractivity (Wildman–Crippen MR) is 226 cm³/mol. The Morgan fingerprint density at radius 3 is 1.76 bits per heavy atom. The number of para-hydroxylation sites is 2. The average molecular weight is 704 g/mol. The van der Waals surface area contributed by atoms with E-state index in [9.17, 15) is 0 Å². The summed E-state index contributed by atoms with van der Waals surface area (Å²) in [6, 6.07) is 65.5. The number of benzene rings is 8. The molecule has 0 fully saturated rings. The van der Waals surface area contributed by atoms with E-state index in [0.29, 0.717) is 0 Å². The number of fused-ring (bicyclic) bond motifs is 8. The van der Waals surface area contributed by atoms with Gasteiger partial charge in [0.2, 0.25) is 0 Å². The molecule has 0 N–H and O–H groups in total. The minimum absolute atomic E-state index is 0.467. The van der Waals surface area contributed by atoms with Crippen LogP contribution in [0.1, 0.15) is 44.5 Å². The van der Waals surface area contributed by atoms with Gasteiger partial charge in [0.15, 0.2) is 5.58 Å². The van der Waals surface area contributed by atoms with Crippen molar-refractivity contribution < 1.29 is 4.42 Å². The lowest BCUT2D eigenvalue weighted by molar-refractivity contribution is 0.669. The molecule has 0 unspecified atom stereocenters. The van der Waals surface area contributed by atoms with Crippen LogP contribution in [0.4, 0.5) is 17.1 Å². The van der Waals surface area contributed by atoms with Crippen molar-refractivity contribution in [3.63, 3.8) is 0 Å². The molecule has 0 saturated carbocycles. The topological polar surface area (TPSA) is 16.4 Å². The quantitative estimate of drug-likeness (QED) is 0.171. The van der Waals surface area contributed by atoms with Crippen molar-refractivity contribution in [3.8, 4) is 22.3 Å². The van der Waals surface area contributed by atoms with E-state index in [4.69, 9.17) is 4.42 Å². The minimum Gasteiger partial charge on any atom is -0.454 e. The van der Waals surface area contributed by atoms with Crippen LogP contribution < -0.4 is 4.90 Å². The van der Waals surface area contributed by atoms with E-state index in [1.165, 1.54) is 79.6 Å². The highest BCUT2D eigenvalue weighted by Crippen LogP contribution is 2.60. The smallest absolute Gasteiger partial charge is 0.159 e. The van der Waals surface area contributed by atoms with Crippen LogP contribution in [0.3, 0.4) is 0 Å². The fourth-order valence-electron chi connectivity index (χ4n) is 9.89. The van der Waals surface area contributed by atoms with E-state index in [-0.39, 0.29) is 0 Å². The van der Waals surface area contributed by atoms with E-state index in [0.717, 1.165) is 51.8 Å². The second kappa shape index (κ2) is 11.7. The first kappa shape index (κ1) is 30.8. The van der Waals surface area contributed by atoms with E-state index < -0.39 is 5.41 Å². The van der Waals surface area contributed by atoms with Crippen LogP contribution in [-0.2, 0) is 31.1 Å². The normalized spacial score (nSPS) is 14.4. The molecule has 0 amide bonds. The van der Waals surface area contributed by atoms with Gasteiger partial charge in [-0.3, -0.25) is 0 Å². The van der Waals surface area contributed by atoms with Crippen molar-refractivity contribution in [2.45, 2.75) is 31.1 Å². The van der Waals surface area contributed by atoms with Crippen LogP contribution in [0.25, 0.3) is 44.2 Å². The molecule has 1 aromatic heterocycles. The Labute approximate surface area is 320 Å². The Hall–Kier alpha value is -6.64. The van der Waals surface area contributed by atoms with Crippen LogP contribution in [0.2, 0.25) is 0 Å². The maximum absolute atomic E-state index is 6.79. The van der Waals surface area contributed by atoms with Gasteiger partial charge in [0.25, 0.3) is 0 Å². The van der Waals surface area contributed by atoms with Gasteiger partial charge in [-0.05, 0) is 117 Å². The van der Waals surface area contributed by atoms with Gasteiger partial charge in [-0.25, -0.2) is 0 Å². The summed E-state index contributed by atoms with van der Waals surface area (Å²) in [7, 11) is 0. The molecule has 0 radical (unpaired) electrons. The summed E-state index contributed by atoms with van der Waals surface area (Å²) in [6.45, 7) is 0. The summed E-state index contributed by atoms with van der Waals surface area (Å²) in [6.07, 6.45) is 4.63. The molecule has 0 aliphatic heterocycles. The number of anilines is 3. The van der Waals surface area contributed by atoms with Crippen LogP contribution in [0.5, 0.6) is 0 Å². The van der Waals surface area contributed by atoms with Gasteiger partial charge in [-0.2, -0.15) is 0 Å². The van der Waals surface area contributed by atoms with Crippen molar-refractivity contribution in [3.05, 3.63) is 220 Å². The Bertz CT molecular complexity index is 2930. The molecule has 3 aliphatic carbocycles. The Morgan fingerprint density at radius 2 is 1.04 bits per heavy atom. The Kier molecular flexibility index (Phi) is 6.54. The first-order valence-corrected chi connectivity index (χ1v) is 19.6. The van der Waals surface area contributed by atoms with E-state index in [1.807, 2.05) is 0 Å². The Balaban J connectivity index is 1.16. The fraction of sp³-hybridized carbons (Fsp3) is 0.0943. The number of hydrogen-bond donors (Lipinski definition) is 0. The summed E-state index contributed by atoms with van der Waals surface area (Å²) in [5, 5.41) is 2.24. The van der Waals surface area contributed by atoms with Crippen LogP contribution >= 0.6 is 0 Å². The molecule has 2 nitrogen and oxygen atoms in total. The molecule has 0 spiro atoms. The van der Waals surface area contributed by atoms with Crippen LogP contribution in [-0.4, -0.2) is 0 Å². The van der Waals surface area contributed by atoms with E-state index >= 15 is 0 Å². The lowest BCUT2D eigenvalue weighted by atomic mass is 9.65.